The van der Waals surface area contributed by atoms with Crippen molar-refractivity contribution in [2.45, 2.75) is 13.0 Å². The number of hydrogen-bond acceptors (Lipinski definition) is 6. The van der Waals surface area contributed by atoms with Gasteiger partial charge in [-0.15, -0.1) is 0 Å². The maximum atomic E-state index is 11.2. The number of amides is 1. The Bertz CT molecular complexity index is 342. The Kier molecular flexibility index (Phi) is 3.81. The molecule has 1 aromatic rings. The number of nitrogens with zero attached hydrogens (tertiary/aromatic N) is 2. The van der Waals surface area contributed by atoms with Gasteiger partial charge in [0.25, 0.3) is 0 Å². The van der Waals surface area contributed by atoms with E-state index < -0.39 is 0 Å². The Labute approximate surface area is 87.5 Å². The molecule has 0 aliphatic rings. The summed E-state index contributed by atoms with van der Waals surface area (Å²) in [6, 6.07) is 1.25. The van der Waals surface area contributed by atoms with E-state index in [-0.39, 0.29) is 11.9 Å². The van der Waals surface area contributed by atoms with E-state index in [1.54, 1.807) is 20.0 Å². The molecule has 1 rings (SSSR count). The lowest BCUT2D eigenvalue weighted by Gasteiger charge is -2.12. The lowest BCUT2D eigenvalue weighted by atomic mass is 10.3. The van der Waals surface area contributed by atoms with Crippen LogP contribution < -0.4 is 21.9 Å². The predicted molar refractivity (Wildman–Crippen MR) is 57.0 cm³/mol. The molecule has 0 aromatic carbocycles. The normalized spacial score (nSPS) is 11.7. The van der Waals surface area contributed by atoms with E-state index in [0.717, 1.165) is 0 Å². The van der Waals surface area contributed by atoms with Gasteiger partial charge in [0.2, 0.25) is 5.91 Å². The minimum atomic E-state index is -0.365. The SMILES string of the molecule is CNC(=O)C(C)Nc1cc(NN)ncn1. The number of nitrogen functional groups attached to an aromatic ring is 1. The molecule has 1 atom stereocenters. The highest BCUT2D eigenvalue weighted by Crippen LogP contribution is 2.08. The molecule has 0 fully saturated rings. The molecular formula is C8H14N6O. The zero-order chi connectivity index (χ0) is 11.3. The number of hydrogen-bond donors (Lipinski definition) is 4. The van der Waals surface area contributed by atoms with Gasteiger partial charge < -0.3 is 16.1 Å². The third-order valence-corrected chi connectivity index (χ3v) is 1.82. The molecule has 0 saturated carbocycles. The van der Waals surface area contributed by atoms with Gasteiger partial charge >= 0.3 is 0 Å². The summed E-state index contributed by atoms with van der Waals surface area (Å²) in [4.78, 5) is 19.0. The second-order valence-electron chi connectivity index (χ2n) is 2.91. The number of carbonyl (C=O) groups excluding carboxylic acids is 1. The van der Waals surface area contributed by atoms with Gasteiger partial charge in [-0.2, -0.15) is 0 Å². The number of rotatable bonds is 4. The fourth-order valence-corrected chi connectivity index (χ4v) is 1.02. The monoisotopic (exact) mass is 210 g/mol. The van der Waals surface area contributed by atoms with Crippen molar-refractivity contribution >= 4 is 17.5 Å². The number of aromatic nitrogens is 2. The molecule has 0 bridgehead atoms. The Balaban J connectivity index is 2.67. The zero-order valence-corrected chi connectivity index (χ0v) is 8.61. The molecule has 0 saturated heterocycles. The zero-order valence-electron chi connectivity index (χ0n) is 8.61. The van der Waals surface area contributed by atoms with Crippen LogP contribution in [0.1, 0.15) is 6.92 Å². The molecule has 5 N–H and O–H groups in total. The molecule has 7 nitrogen and oxygen atoms in total. The standard InChI is InChI=1S/C8H14N6O/c1-5(8(15)10-2)13-6-3-7(14-9)12-4-11-6/h3-5H,9H2,1-2H3,(H,10,15)(H2,11,12,13,14). The summed E-state index contributed by atoms with van der Waals surface area (Å²) >= 11 is 0. The van der Waals surface area contributed by atoms with Crippen LogP contribution in [0.5, 0.6) is 0 Å². The first kappa shape index (κ1) is 11.2. The quantitative estimate of drug-likeness (QED) is 0.387. The summed E-state index contributed by atoms with van der Waals surface area (Å²) in [5.41, 5.74) is 2.39. The van der Waals surface area contributed by atoms with Crippen LogP contribution in [0.25, 0.3) is 0 Å². The van der Waals surface area contributed by atoms with Gasteiger partial charge in [0.05, 0.1) is 0 Å². The highest BCUT2D eigenvalue weighted by Gasteiger charge is 2.10. The van der Waals surface area contributed by atoms with Crippen LogP contribution in [-0.4, -0.2) is 29.0 Å². The Morgan fingerprint density at radius 1 is 1.47 bits per heavy atom. The van der Waals surface area contributed by atoms with Crippen LogP contribution in [0.2, 0.25) is 0 Å². The third kappa shape index (κ3) is 3.06. The number of nitrogens with one attached hydrogen (secondary N) is 3. The van der Waals surface area contributed by atoms with Crippen LogP contribution in [0.4, 0.5) is 11.6 Å². The lowest BCUT2D eigenvalue weighted by Crippen LogP contribution is -2.35. The fraction of sp³-hybridized carbons (Fsp3) is 0.375. The van der Waals surface area contributed by atoms with E-state index in [4.69, 9.17) is 5.84 Å². The molecule has 0 aliphatic carbocycles. The van der Waals surface area contributed by atoms with Crippen molar-refractivity contribution in [3.63, 3.8) is 0 Å². The Morgan fingerprint density at radius 3 is 2.73 bits per heavy atom. The number of likely N-dealkylation sites (N-methyl/N-ethyl adjacent to an activating group) is 1. The van der Waals surface area contributed by atoms with Crippen molar-refractivity contribution in [1.29, 1.82) is 0 Å². The third-order valence-electron chi connectivity index (χ3n) is 1.82. The molecule has 1 heterocycles. The summed E-state index contributed by atoms with van der Waals surface area (Å²) in [7, 11) is 1.58. The topological polar surface area (TPSA) is 105 Å². The highest BCUT2D eigenvalue weighted by molar-refractivity contribution is 5.83. The van der Waals surface area contributed by atoms with Crippen molar-refractivity contribution in [2.75, 3.05) is 17.8 Å². The van der Waals surface area contributed by atoms with E-state index in [1.807, 2.05) is 0 Å². The molecule has 1 aromatic heterocycles. The number of anilines is 2. The Morgan fingerprint density at radius 2 is 2.13 bits per heavy atom. The predicted octanol–water partition coefficient (Wildman–Crippen LogP) is -0.691. The summed E-state index contributed by atoms with van der Waals surface area (Å²) < 4.78 is 0. The van der Waals surface area contributed by atoms with Crippen LogP contribution >= 0.6 is 0 Å². The van der Waals surface area contributed by atoms with Crippen molar-refractivity contribution in [1.82, 2.24) is 15.3 Å². The van der Waals surface area contributed by atoms with Crippen molar-refractivity contribution in [3.05, 3.63) is 12.4 Å². The second-order valence-corrected chi connectivity index (χ2v) is 2.91. The number of nitrogens with two attached hydrogens (primary N) is 1. The highest BCUT2D eigenvalue weighted by atomic mass is 16.2. The average Bonchev–Trinajstić information content (AvgIpc) is 2.28. The second kappa shape index (κ2) is 5.11. The summed E-state index contributed by atoms with van der Waals surface area (Å²) in [5.74, 6) is 6.09. The smallest absolute Gasteiger partial charge is 0.241 e. The molecule has 0 spiro atoms. The van der Waals surface area contributed by atoms with Crippen LogP contribution in [-0.2, 0) is 4.79 Å². The first-order valence-corrected chi connectivity index (χ1v) is 4.44. The largest absolute Gasteiger partial charge is 0.358 e. The Hall–Kier alpha value is -1.89. The summed E-state index contributed by atoms with van der Waals surface area (Å²) in [6.45, 7) is 1.73. The molecule has 0 aliphatic heterocycles. The first-order chi connectivity index (χ1) is 7.17. The van der Waals surface area contributed by atoms with Gasteiger partial charge in [-0.25, -0.2) is 15.8 Å². The molecule has 1 unspecified atom stereocenters. The lowest BCUT2D eigenvalue weighted by molar-refractivity contribution is -0.121. The molecule has 7 heteroatoms. The fourth-order valence-electron chi connectivity index (χ4n) is 1.02. The van der Waals surface area contributed by atoms with Gasteiger partial charge in [-0.3, -0.25) is 4.79 Å². The maximum absolute atomic E-state index is 11.2. The van der Waals surface area contributed by atoms with E-state index in [1.165, 1.54) is 6.33 Å². The average molecular weight is 210 g/mol. The van der Waals surface area contributed by atoms with E-state index in [2.05, 4.69) is 26.0 Å². The number of carbonyl (C=O) groups is 1. The molecule has 15 heavy (non-hydrogen) atoms. The molecule has 0 radical (unpaired) electrons. The van der Waals surface area contributed by atoms with Gasteiger partial charge in [0.1, 0.15) is 24.0 Å². The van der Waals surface area contributed by atoms with Crippen molar-refractivity contribution in [2.24, 2.45) is 5.84 Å². The maximum Gasteiger partial charge on any atom is 0.241 e. The minimum Gasteiger partial charge on any atom is -0.358 e. The van der Waals surface area contributed by atoms with E-state index >= 15 is 0 Å². The summed E-state index contributed by atoms with van der Waals surface area (Å²) in [5, 5.41) is 5.44. The van der Waals surface area contributed by atoms with Gasteiger partial charge in [0.15, 0.2) is 0 Å². The van der Waals surface area contributed by atoms with Gasteiger partial charge in [-0.1, -0.05) is 0 Å². The van der Waals surface area contributed by atoms with E-state index in [0.29, 0.717) is 11.6 Å². The van der Waals surface area contributed by atoms with Crippen LogP contribution in [0, 0.1) is 0 Å². The van der Waals surface area contributed by atoms with Gasteiger partial charge in [-0.05, 0) is 6.92 Å². The van der Waals surface area contributed by atoms with Crippen molar-refractivity contribution in [3.8, 4) is 0 Å². The minimum absolute atomic E-state index is 0.115. The number of hydrazine groups is 1. The first-order valence-electron chi connectivity index (χ1n) is 4.44. The van der Waals surface area contributed by atoms with Crippen LogP contribution in [0.15, 0.2) is 12.4 Å². The molecule has 1 amide bonds. The summed E-state index contributed by atoms with van der Waals surface area (Å²) in [6.07, 6.45) is 1.36. The molecule has 82 valence electrons. The molecular weight excluding hydrogens is 196 g/mol. The van der Waals surface area contributed by atoms with E-state index in [9.17, 15) is 4.79 Å². The van der Waals surface area contributed by atoms with Crippen LogP contribution in [0.3, 0.4) is 0 Å². The van der Waals surface area contributed by atoms with Gasteiger partial charge in [0, 0.05) is 13.1 Å². The van der Waals surface area contributed by atoms with Crippen molar-refractivity contribution < 1.29 is 4.79 Å².